The minimum Gasteiger partial charge on any atom is -0.452 e. The average Bonchev–Trinajstić information content (AvgIpc) is 2.54. The maximum atomic E-state index is 11.8. The molecule has 0 radical (unpaired) electrons. The zero-order valence-corrected chi connectivity index (χ0v) is 14.4. The van der Waals surface area contributed by atoms with Gasteiger partial charge in [0.25, 0.3) is 5.91 Å². The second kappa shape index (κ2) is 8.52. The van der Waals surface area contributed by atoms with Crippen LogP contribution in [0.1, 0.15) is 11.1 Å². The maximum absolute atomic E-state index is 11.8. The number of ether oxygens (including phenoxy) is 1. The first kappa shape index (κ1) is 18.0. The summed E-state index contributed by atoms with van der Waals surface area (Å²) in [4.78, 5) is 23.4. The van der Waals surface area contributed by atoms with Gasteiger partial charge in [-0.3, -0.25) is 4.79 Å². The number of amides is 1. The molecule has 2 rings (SSSR count). The van der Waals surface area contributed by atoms with E-state index in [2.05, 4.69) is 5.32 Å². The van der Waals surface area contributed by atoms with Crippen molar-refractivity contribution in [1.82, 2.24) is 0 Å². The fourth-order valence-electron chi connectivity index (χ4n) is 1.87. The van der Waals surface area contributed by atoms with E-state index in [1.165, 1.54) is 6.08 Å². The molecule has 2 aromatic carbocycles. The Balaban J connectivity index is 1.83. The summed E-state index contributed by atoms with van der Waals surface area (Å²) < 4.78 is 4.88. The Kier molecular flexibility index (Phi) is 6.41. The maximum Gasteiger partial charge on any atom is 0.331 e. The van der Waals surface area contributed by atoms with Crippen molar-refractivity contribution < 1.29 is 14.3 Å². The second-order valence-corrected chi connectivity index (χ2v) is 5.87. The van der Waals surface area contributed by atoms with Gasteiger partial charge in [-0.25, -0.2) is 4.79 Å². The quantitative estimate of drug-likeness (QED) is 0.628. The summed E-state index contributed by atoms with van der Waals surface area (Å²) in [6.45, 7) is 1.49. The first-order valence-corrected chi connectivity index (χ1v) is 7.86. The molecular weight excluding hydrogens is 349 g/mol. The molecule has 1 amide bonds. The zero-order chi connectivity index (χ0) is 17.5. The van der Waals surface area contributed by atoms with Gasteiger partial charge in [0.15, 0.2) is 6.61 Å². The van der Waals surface area contributed by atoms with Crippen LogP contribution < -0.4 is 5.32 Å². The van der Waals surface area contributed by atoms with Crippen LogP contribution >= 0.6 is 23.2 Å². The molecule has 6 heteroatoms. The van der Waals surface area contributed by atoms with Crippen LogP contribution in [0.4, 0.5) is 5.69 Å². The molecule has 0 aliphatic heterocycles. The molecule has 0 saturated carbocycles. The number of anilines is 1. The summed E-state index contributed by atoms with van der Waals surface area (Å²) >= 11 is 11.9. The number of rotatable bonds is 5. The Bertz CT molecular complexity index is 788. The highest BCUT2D eigenvalue weighted by atomic mass is 35.5. The van der Waals surface area contributed by atoms with Gasteiger partial charge in [-0.05, 0) is 48.4 Å². The number of nitrogens with one attached hydrogen (secondary N) is 1. The molecule has 0 heterocycles. The lowest BCUT2D eigenvalue weighted by atomic mass is 10.2. The van der Waals surface area contributed by atoms with Crippen molar-refractivity contribution in [3.63, 3.8) is 0 Å². The summed E-state index contributed by atoms with van der Waals surface area (Å²) in [5, 5.41) is 3.58. The molecule has 4 nitrogen and oxygen atoms in total. The molecule has 2 aromatic rings. The fraction of sp³-hybridized carbons (Fsp3) is 0.111. The third kappa shape index (κ3) is 5.72. The van der Waals surface area contributed by atoms with Crippen molar-refractivity contribution in [2.24, 2.45) is 0 Å². The molecule has 0 unspecified atom stereocenters. The largest absolute Gasteiger partial charge is 0.452 e. The highest BCUT2D eigenvalue weighted by Crippen LogP contribution is 2.22. The van der Waals surface area contributed by atoms with E-state index in [0.717, 1.165) is 11.1 Å². The third-order valence-electron chi connectivity index (χ3n) is 3.00. The van der Waals surface area contributed by atoms with Crippen LogP contribution in [0, 0.1) is 6.92 Å². The fourth-order valence-corrected chi connectivity index (χ4v) is 2.35. The number of hydrogen-bond donors (Lipinski definition) is 1. The lowest BCUT2D eigenvalue weighted by Gasteiger charge is -2.07. The van der Waals surface area contributed by atoms with Gasteiger partial charge < -0.3 is 10.1 Å². The first-order valence-electron chi connectivity index (χ1n) is 7.10. The van der Waals surface area contributed by atoms with Gasteiger partial charge >= 0.3 is 5.97 Å². The van der Waals surface area contributed by atoms with E-state index in [9.17, 15) is 9.59 Å². The van der Waals surface area contributed by atoms with Crippen molar-refractivity contribution in [3.8, 4) is 0 Å². The molecule has 1 N–H and O–H groups in total. The second-order valence-electron chi connectivity index (χ2n) is 5.03. The zero-order valence-electron chi connectivity index (χ0n) is 12.9. The SMILES string of the molecule is Cc1ccc(NC(=O)COC(=O)/C=C/c2cccc(Cl)c2)c(Cl)c1. The van der Waals surface area contributed by atoms with Crippen LogP contribution in [0.3, 0.4) is 0 Å². The molecule has 0 spiro atoms. The van der Waals surface area contributed by atoms with Crippen LogP contribution in [0.25, 0.3) is 6.08 Å². The summed E-state index contributed by atoms with van der Waals surface area (Å²) in [6, 6.07) is 12.2. The van der Waals surface area contributed by atoms with Gasteiger partial charge in [0.05, 0.1) is 10.7 Å². The molecule has 0 aromatic heterocycles. The summed E-state index contributed by atoms with van der Waals surface area (Å²) in [5.74, 6) is -1.09. The van der Waals surface area contributed by atoms with Gasteiger partial charge in [-0.2, -0.15) is 0 Å². The van der Waals surface area contributed by atoms with Crippen LogP contribution in [-0.4, -0.2) is 18.5 Å². The molecule has 0 fully saturated rings. The number of benzene rings is 2. The van der Waals surface area contributed by atoms with E-state index < -0.39 is 18.5 Å². The minimum absolute atomic E-state index is 0.400. The van der Waals surface area contributed by atoms with E-state index >= 15 is 0 Å². The summed E-state index contributed by atoms with van der Waals surface area (Å²) in [7, 11) is 0. The van der Waals surface area contributed by atoms with E-state index in [4.69, 9.17) is 27.9 Å². The normalized spacial score (nSPS) is 10.6. The van der Waals surface area contributed by atoms with Crippen molar-refractivity contribution in [2.75, 3.05) is 11.9 Å². The lowest BCUT2D eigenvalue weighted by Crippen LogP contribution is -2.20. The summed E-state index contributed by atoms with van der Waals surface area (Å²) in [6.07, 6.45) is 2.79. The van der Waals surface area contributed by atoms with Crippen LogP contribution in [-0.2, 0) is 14.3 Å². The van der Waals surface area contributed by atoms with Crippen molar-refractivity contribution in [3.05, 3.63) is 69.7 Å². The Morgan fingerprint density at radius 1 is 1.17 bits per heavy atom. The standard InChI is InChI=1S/C18H15Cl2NO3/c1-12-5-7-16(15(20)9-12)21-17(22)11-24-18(23)8-6-13-3-2-4-14(19)10-13/h2-10H,11H2,1H3,(H,21,22)/b8-6+. The Hall–Kier alpha value is -2.30. The third-order valence-corrected chi connectivity index (χ3v) is 3.55. The smallest absolute Gasteiger partial charge is 0.331 e. The van der Waals surface area contributed by atoms with E-state index in [0.29, 0.717) is 15.7 Å². The molecule has 0 aliphatic carbocycles. The molecule has 0 bridgehead atoms. The van der Waals surface area contributed by atoms with Crippen molar-refractivity contribution >= 4 is 46.8 Å². The van der Waals surface area contributed by atoms with Crippen molar-refractivity contribution in [1.29, 1.82) is 0 Å². The van der Waals surface area contributed by atoms with Crippen LogP contribution in [0.2, 0.25) is 10.0 Å². The molecule has 0 aliphatic rings. The van der Waals surface area contributed by atoms with Crippen LogP contribution in [0.15, 0.2) is 48.5 Å². The Labute approximate surface area is 150 Å². The first-order chi connectivity index (χ1) is 11.4. The van der Waals surface area contributed by atoms with Gasteiger partial charge in [0.1, 0.15) is 0 Å². The van der Waals surface area contributed by atoms with E-state index in [1.54, 1.807) is 42.5 Å². The molecule has 24 heavy (non-hydrogen) atoms. The minimum atomic E-state index is -0.625. The Morgan fingerprint density at radius 2 is 1.96 bits per heavy atom. The number of halogens is 2. The van der Waals surface area contributed by atoms with Gasteiger partial charge in [-0.1, -0.05) is 41.4 Å². The average molecular weight is 364 g/mol. The van der Waals surface area contributed by atoms with Gasteiger partial charge in [-0.15, -0.1) is 0 Å². The summed E-state index contributed by atoms with van der Waals surface area (Å²) in [5.41, 5.74) is 2.21. The molecular formula is C18H15Cl2NO3. The highest BCUT2D eigenvalue weighted by molar-refractivity contribution is 6.33. The van der Waals surface area contributed by atoms with Crippen LogP contribution in [0.5, 0.6) is 0 Å². The lowest BCUT2D eigenvalue weighted by molar-refractivity contribution is -0.142. The topological polar surface area (TPSA) is 55.4 Å². The number of esters is 1. The number of carbonyl (C=O) groups excluding carboxylic acids is 2. The van der Waals surface area contributed by atoms with Gasteiger partial charge in [0, 0.05) is 11.1 Å². The van der Waals surface area contributed by atoms with E-state index in [-0.39, 0.29) is 0 Å². The number of aryl methyl sites for hydroxylation is 1. The monoisotopic (exact) mass is 363 g/mol. The van der Waals surface area contributed by atoms with Crippen molar-refractivity contribution in [2.45, 2.75) is 6.92 Å². The molecule has 0 atom stereocenters. The van der Waals surface area contributed by atoms with E-state index in [1.807, 2.05) is 13.0 Å². The predicted molar refractivity (Wildman–Crippen MR) is 96.3 cm³/mol. The molecule has 0 saturated heterocycles. The number of hydrogen-bond acceptors (Lipinski definition) is 3. The highest BCUT2D eigenvalue weighted by Gasteiger charge is 2.08. The number of carbonyl (C=O) groups is 2. The molecule has 124 valence electrons. The van der Waals surface area contributed by atoms with Gasteiger partial charge in [0.2, 0.25) is 0 Å². The Morgan fingerprint density at radius 3 is 2.67 bits per heavy atom. The predicted octanol–water partition coefficient (Wildman–Crippen LogP) is 4.50.